The first kappa shape index (κ1) is 18.6. The Kier molecular flexibility index (Phi) is 7.43. The molecule has 24 heavy (non-hydrogen) atoms. The molecular formula is C19H26FNO3. The van der Waals surface area contributed by atoms with Gasteiger partial charge in [0.05, 0.1) is 25.5 Å². The summed E-state index contributed by atoms with van der Waals surface area (Å²) in [5.41, 5.74) is 0.597. The Morgan fingerprint density at radius 2 is 1.92 bits per heavy atom. The first-order valence-corrected chi connectivity index (χ1v) is 8.28. The van der Waals surface area contributed by atoms with E-state index in [9.17, 15) is 9.50 Å². The van der Waals surface area contributed by atoms with Gasteiger partial charge in [0, 0.05) is 25.3 Å². The second-order valence-corrected chi connectivity index (χ2v) is 6.43. The van der Waals surface area contributed by atoms with Gasteiger partial charge in [-0.25, -0.2) is 4.39 Å². The van der Waals surface area contributed by atoms with E-state index in [4.69, 9.17) is 9.15 Å². The van der Waals surface area contributed by atoms with Crippen molar-refractivity contribution < 1.29 is 18.7 Å². The SMILES string of the molecule is CC(C)COC[C@@H](O)CN(Cc1ccco1)Cc1ccccc1F. The van der Waals surface area contributed by atoms with Gasteiger partial charge in [-0.2, -0.15) is 0 Å². The summed E-state index contributed by atoms with van der Waals surface area (Å²) in [6, 6.07) is 10.4. The highest BCUT2D eigenvalue weighted by atomic mass is 19.1. The second kappa shape index (κ2) is 9.57. The van der Waals surface area contributed by atoms with Gasteiger partial charge in [-0.1, -0.05) is 32.0 Å². The molecule has 5 heteroatoms. The fourth-order valence-corrected chi connectivity index (χ4v) is 2.47. The van der Waals surface area contributed by atoms with Crippen molar-refractivity contribution in [2.75, 3.05) is 19.8 Å². The number of ether oxygens (including phenoxy) is 1. The van der Waals surface area contributed by atoms with Gasteiger partial charge in [0.15, 0.2) is 0 Å². The molecule has 132 valence electrons. The molecule has 0 saturated heterocycles. The third-order valence-corrected chi connectivity index (χ3v) is 3.54. The fraction of sp³-hybridized carbons (Fsp3) is 0.474. The minimum absolute atomic E-state index is 0.243. The van der Waals surface area contributed by atoms with Crippen LogP contribution in [-0.4, -0.2) is 35.9 Å². The Hall–Kier alpha value is -1.69. The standard InChI is InChI=1S/C19H26FNO3/c1-15(2)13-23-14-17(22)11-21(12-18-7-5-9-24-18)10-16-6-3-4-8-19(16)20/h3-9,15,17,22H,10-14H2,1-2H3/t17-/m0/s1. The van der Waals surface area contributed by atoms with E-state index in [1.807, 2.05) is 23.1 Å². The van der Waals surface area contributed by atoms with Gasteiger partial charge < -0.3 is 14.3 Å². The van der Waals surface area contributed by atoms with Crippen molar-refractivity contribution in [2.45, 2.75) is 33.0 Å². The zero-order chi connectivity index (χ0) is 17.4. The molecule has 0 fully saturated rings. The molecule has 0 aliphatic rings. The average Bonchev–Trinajstić information content (AvgIpc) is 3.02. The zero-order valence-corrected chi connectivity index (χ0v) is 14.3. The van der Waals surface area contributed by atoms with Crippen LogP contribution in [0.1, 0.15) is 25.2 Å². The topological polar surface area (TPSA) is 45.8 Å². The lowest BCUT2D eigenvalue weighted by Gasteiger charge is -2.24. The summed E-state index contributed by atoms with van der Waals surface area (Å²) in [4.78, 5) is 1.96. The van der Waals surface area contributed by atoms with Crippen LogP contribution in [0, 0.1) is 11.7 Å². The molecular weight excluding hydrogens is 309 g/mol. The van der Waals surface area contributed by atoms with Gasteiger partial charge in [0.1, 0.15) is 11.6 Å². The molecule has 0 unspecified atom stereocenters. The van der Waals surface area contributed by atoms with Gasteiger partial charge in [-0.15, -0.1) is 0 Å². The van der Waals surface area contributed by atoms with Crippen LogP contribution in [0.15, 0.2) is 47.1 Å². The first-order valence-electron chi connectivity index (χ1n) is 8.28. The maximum absolute atomic E-state index is 13.9. The minimum atomic E-state index is -0.634. The monoisotopic (exact) mass is 335 g/mol. The largest absolute Gasteiger partial charge is 0.468 e. The molecule has 4 nitrogen and oxygen atoms in total. The summed E-state index contributed by atoms with van der Waals surface area (Å²) in [6.45, 7) is 6.29. The third kappa shape index (κ3) is 6.43. The van der Waals surface area contributed by atoms with Gasteiger partial charge in [-0.3, -0.25) is 4.90 Å². The van der Waals surface area contributed by atoms with Crippen LogP contribution in [0.2, 0.25) is 0 Å². The summed E-state index contributed by atoms with van der Waals surface area (Å²) in [5, 5.41) is 10.2. The van der Waals surface area contributed by atoms with E-state index in [0.717, 1.165) is 5.76 Å². The van der Waals surface area contributed by atoms with Crippen LogP contribution in [0.3, 0.4) is 0 Å². The highest BCUT2D eigenvalue weighted by molar-refractivity contribution is 5.17. The predicted molar refractivity (Wildman–Crippen MR) is 90.9 cm³/mol. The number of aliphatic hydroxyl groups excluding tert-OH is 1. The van der Waals surface area contributed by atoms with Gasteiger partial charge in [-0.05, 0) is 24.1 Å². The lowest BCUT2D eigenvalue weighted by Crippen LogP contribution is -2.34. The highest BCUT2D eigenvalue weighted by Crippen LogP contribution is 2.14. The molecule has 0 saturated carbocycles. The summed E-state index contributed by atoms with van der Waals surface area (Å²) >= 11 is 0. The molecule has 1 atom stereocenters. The first-order chi connectivity index (χ1) is 11.5. The van der Waals surface area contributed by atoms with Gasteiger partial charge >= 0.3 is 0 Å². The number of hydrogen-bond donors (Lipinski definition) is 1. The molecule has 0 amide bonds. The number of aliphatic hydroxyl groups is 1. The van der Waals surface area contributed by atoms with Crippen molar-refractivity contribution in [3.05, 3.63) is 59.8 Å². The number of benzene rings is 1. The third-order valence-electron chi connectivity index (χ3n) is 3.54. The number of furan rings is 1. The van der Waals surface area contributed by atoms with Crippen molar-refractivity contribution in [1.82, 2.24) is 4.90 Å². The average molecular weight is 335 g/mol. The summed E-state index contributed by atoms with van der Waals surface area (Å²) in [5.74, 6) is 0.962. The maximum atomic E-state index is 13.9. The smallest absolute Gasteiger partial charge is 0.127 e. The van der Waals surface area contributed by atoms with Crippen molar-refractivity contribution in [1.29, 1.82) is 0 Å². The maximum Gasteiger partial charge on any atom is 0.127 e. The Balaban J connectivity index is 1.96. The zero-order valence-electron chi connectivity index (χ0n) is 14.3. The lowest BCUT2D eigenvalue weighted by atomic mass is 10.2. The number of hydrogen-bond acceptors (Lipinski definition) is 4. The highest BCUT2D eigenvalue weighted by Gasteiger charge is 2.16. The summed E-state index contributed by atoms with van der Waals surface area (Å²) in [7, 11) is 0. The van der Waals surface area contributed by atoms with Crippen molar-refractivity contribution in [3.8, 4) is 0 Å². The Labute approximate surface area is 142 Å². The van der Waals surface area contributed by atoms with E-state index in [-0.39, 0.29) is 12.4 Å². The number of rotatable bonds is 10. The van der Waals surface area contributed by atoms with Crippen LogP contribution in [0.4, 0.5) is 4.39 Å². The van der Waals surface area contributed by atoms with Crippen LogP contribution < -0.4 is 0 Å². The fourth-order valence-electron chi connectivity index (χ4n) is 2.47. The normalized spacial score (nSPS) is 12.9. The molecule has 0 spiro atoms. The molecule has 1 N–H and O–H groups in total. The second-order valence-electron chi connectivity index (χ2n) is 6.43. The predicted octanol–water partition coefficient (Wildman–Crippen LogP) is 3.45. The molecule has 2 aromatic rings. The minimum Gasteiger partial charge on any atom is -0.468 e. The van der Waals surface area contributed by atoms with Crippen molar-refractivity contribution in [3.63, 3.8) is 0 Å². The van der Waals surface area contributed by atoms with E-state index in [1.165, 1.54) is 6.07 Å². The lowest BCUT2D eigenvalue weighted by molar-refractivity contribution is 0.00444. The molecule has 1 aromatic carbocycles. The molecule has 2 rings (SSSR count). The molecule has 0 aliphatic carbocycles. The molecule has 1 heterocycles. The Morgan fingerprint density at radius 3 is 2.58 bits per heavy atom. The van der Waals surface area contributed by atoms with Crippen LogP contribution in [0.5, 0.6) is 0 Å². The van der Waals surface area contributed by atoms with Crippen molar-refractivity contribution >= 4 is 0 Å². The Morgan fingerprint density at radius 1 is 1.12 bits per heavy atom. The van der Waals surface area contributed by atoms with Gasteiger partial charge in [0.25, 0.3) is 0 Å². The molecule has 0 aliphatic heterocycles. The van der Waals surface area contributed by atoms with Crippen LogP contribution >= 0.6 is 0 Å². The van der Waals surface area contributed by atoms with E-state index >= 15 is 0 Å². The molecule has 0 bridgehead atoms. The van der Waals surface area contributed by atoms with Crippen molar-refractivity contribution in [2.24, 2.45) is 5.92 Å². The summed E-state index contributed by atoms with van der Waals surface area (Å²) < 4.78 is 24.8. The van der Waals surface area contributed by atoms with Crippen LogP contribution in [-0.2, 0) is 17.8 Å². The Bertz CT molecular complexity index is 586. The van der Waals surface area contributed by atoms with E-state index in [2.05, 4.69) is 13.8 Å². The van der Waals surface area contributed by atoms with Crippen LogP contribution in [0.25, 0.3) is 0 Å². The summed E-state index contributed by atoms with van der Waals surface area (Å²) in [6.07, 6.45) is 0.976. The van der Waals surface area contributed by atoms with E-state index in [0.29, 0.717) is 37.7 Å². The van der Waals surface area contributed by atoms with Gasteiger partial charge in [0.2, 0.25) is 0 Å². The quantitative estimate of drug-likeness (QED) is 0.722. The van der Waals surface area contributed by atoms with E-state index in [1.54, 1.807) is 18.4 Å². The molecule has 0 radical (unpaired) electrons. The van der Waals surface area contributed by atoms with E-state index < -0.39 is 6.10 Å². The number of nitrogens with zero attached hydrogens (tertiary/aromatic N) is 1. The molecule has 1 aromatic heterocycles. The number of halogens is 1.